The zero-order valence-corrected chi connectivity index (χ0v) is 14.0. The summed E-state index contributed by atoms with van der Waals surface area (Å²) in [5.74, 6) is 0.0602. The number of likely N-dealkylation sites (tertiary alicyclic amines) is 1. The first-order valence-electron chi connectivity index (χ1n) is 8.39. The molecule has 0 aliphatic carbocycles. The van der Waals surface area contributed by atoms with Crippen molar-refractivity contribution in [2.75, 3.05) is 33.9 Å². The Bertz CT molecular complexity index is 529. The lowest BCUT2D eigenvalue weighted by molar-refractivity contribution is -0.186. The summed E-state index contributed by atoms with van der Waals surface area (Å²) in [6.45, 7) is 3.23. The lowest BCUT2D eigenvalue weighted by Gasteiger charge is -2.48. The van der Waals surface area contributed by atoms with Gasteiger partial charge in [-0.25, -0.2) is 4.39 Å². The topological polar surface area (TPSA) is 30.9 Å². The molecule has 1 aromatic carbocycles. The highest BCUT2D eigenvalue weighted by atomic mass is 19.1. The average molecular weight is 323 g/mol. The molecule has 128 valence electrons. The van der Waals surface area contributed by atoms with Gasteiger partial charge in [0.05, 0.1) is 18.8 Å². The molecule has 2 heterocycles. The van der Waals surface area contributed by atoms with E-state index in [2.05, 4.69) is 4.90 Å². The zero-order chi connectivity index (χ0) is 16.3. The van der Waals surface area contributed by atoms with E-state index in [-0.39, 0.29) is 17.5 Å². The van der Waals surface area contributed by atoms with Crippen molar-refractivity contribution in [2.45, 2.75) is 43.9 Å². The first kappa shape index (κ1) is 16.7. The minimum absolute atomic E-state index is 0.142. The Morgan fingerprint density at radius 3 is 2.78 bits per heavy atom. The number of hydrogen-bond donors (Lipinski definition) is 0. The summed E-state index contributed by atoms with van der Waals surface area (Å²) in [6, 6.07) is 5.33. The monoisotopic (exact) mass is 323 g/mol. The second-order valence-corrected chi connectivity index (χ2v) is 6.49. The van der Waals surface area contributed by atoms with Crippen LogP contribution in [0.15, 0.2) is 18.2 Å². The molecule has 23 heavy (non-hydrogen) atoms. The maximum absolute atomic E-state index is 14.3. The van der Waals surface area contributed by atoms with E-state index < -0.39 is 0 Å². The molecular formula is C18H26FNO3. The van der Waals surface area contributed by atoms with E-state index in [0.29, 0.717) is 17.9 Å². The minimum atomic E-state index is -0.251. The van der Waals surface area contributed by atoms with E-state index in [9.17, 15) is 4.39 Å². The zero-order valence-electron chi connectivity index (χ0n) is 14.0. The Morgan fingerprint density at radius 2 is 2.09 bits per heavy atom. The van der Waals surface area contributed by atoms with Crippen molar-refractivity contribution in [1.82, 2.24) is 4.90 Å². The maximum Gasteiger partial charge on any atom is 0.169 e. The first-order chi connectivity index (χ1) is 11.2. The van der Waals surface area contributed by atoms with Crippen molar-refractivity contribution in [3.63, 3.8) is 0 Å². The van der Waals surface area contributed by atoms with E-state index >= 15 is 0 Å². The largest absolute Gasteiger partial charge is 0.494 e. The van der Waals surface area contributed by atoms with Crippen LogP contribution in [-0.4, -0.2) is 50.5 Å². The third-order valence-electron chi connectivity index (χ3n) is 5.23. The van der Waals surface area contributed by atoms with Gasteiger partial charge in [0.2, 0.25) is 0 Å². The molecule has 1 atom stereocenters. The van der Waals surface area contributed by atoms with Crippen LogP contribution in [-0.2, 0) is 16.0 Å². The maximum atomic E-state index is 14.3. The predicted octanol–water partition coefficient (Wildman–Crippen LogP) is 2.99. The number of hydrogen-bond acceptors (Lipinski definition) is 4. The number of piperidine rings is 1. The second kappa shape index (κ2) is 7.16. The normalized spacial score (nSPS) is 24.7. The molecule has 4 nitrogen and oxygen atoms in total. The van der Waals surface area contributed by atoms with Crippen LogP contribution in [0.2, 0.25) is 0 Å². The van der Waals surface area contributed by atoms with Crippen LogP contribution >= 0.6 is 0 Å². The Morgan fingerprint density at radius 1 is 1.30 bits per heavy atom. The fourth-order valence-electron chi connectivity index (χ4n) is 3.87. The van der Waals surface area contributed by atoms with E-state index in [1.165, 1.54) is 7.11 Å². The van der Waals surface area contributed by atoms with Gasteiger partial charge < -0.3 is 14.2 Å². The number of ether oxygens (including phenoxy) is 3. The molecule has 2 aliphatic rings. The van der Waals surface area contributed by atoms with Gasteiger partial charge in [0.1, 0.15) is 0 Å². The van der Waals surface area contributed by atoms with Crippen LogP contribution in [0.5, 0.6) is 5.75 Å². The quantitative estimate of drug-likeness (QED) is 0.852. The number of methoxy groups -OCH3 is 2. The van der Waals surface area contributed by atoms with Crippen LogP contribution in [0.25, 0.3) is 0 Å². The summed E-state index contributed by atoms with van der Waals surface area (Å²) >= 11 is 0. The van der Waals surface area contributed by atoms with Gasteiger partial charge in [0.15, 0.2) is 11.6 Å². The molecule has 0 saturated carbocycles. The van der Waals surface area contributed by atoms with Crippen LogP contribution in [0.1, 0.15) is 31.2 Å². The first-order valence-corrected chi connectivity index (χ1v) is 8.39. The molecule has 0 unspecified atom stereocenters. The van der Waals surface area contributed by atoms with Crippen LogP contribution in [0.3, 0.4) is 0 Å². The van der Waals surface area contributed by atoms with Gasteiger partial charge in [-0.2, -0.15) is 0 Å². The molecule has 2 saturated heterocycles. The fraction of sp³-hybridized carbons (Fsp3) is 0.667. The molecule has 2 aliphatic heterocycles. The Labute approximate surface area is 137 Å². The van der Waals surface area contributed by atoms with Crippen LogP contribution in [0, 0.1) is 5.82 Å². The number of nitrogens with zero attached hydrogens (tertiary/aromatic N) is 1. The Kier molecular flexibility index (Phi) is 5.19. The summed E-state index contributed by atoms with van der Waals surface area (Å²) in [4.78, 5) is 2.29. The van der Waals surface area contributed by atoms with Crippen molar-refractivity contribution in [3.8, 4) is 5.75 Å². The van der Waals surface area contributed by atoms with Gasteiger partial charge in [-0.1, -0.05) is 12.1 Å². The van der Waals surface area contributed by atoms with Crippen molar-refractivity contribution >= 4 is 0 Å². The van der Waals surface area contributed by atoms with Crippen molar-refractivity contribution in [2.24, 2.45) is 0 Å². The third kappa shape index (κ3) is 3.37. The molecule has 0 bridgehead atoms. The highest BCUT2D eigenvalue weighted by Gasteiger charge is 2.44. The lowest BCUT2D eigenvalue weighted by Crippen LogP contribution is -2.55. The standard InChI is InChI=1S/C18H26FNO3/c1-21-15-6-3-5-14(17(15)19)13-20-10-8-18(9-11-20)16(22-2)7-4-12-23-18/h3,5-6,16H,4,7-13H2,1-2H3/t16-/m0/s1. The average Bonchev–Trinajstić information content (AvgIpc) is 2.59. The number of halogens is 1. The smallest absolute Gasteiger partial charge is 0.169 e. The Balaban J connectivity index is 1.63. The summed E-state index contributed by atoms with van der Waals surface area (Å²) in [6.07, 6.45) is 4.21. The van der Waals surface area contributed by atoms with Crippen molar-refractivity contribution < 1.29 is 18.6 Å². The molecular weight excluding hydrogens is 297 g/mol. The summed E-state index contributed by atoms with van der Waals surface area (Å²) in [5, 5.41) is 0. The number of benzene rings is 1. The molecule has 5 heteroatoms. The summed E-state index contributed by atoms with van der Waals surface area (Å²) in [5.41, 5.74) is 0.546. The molecule has 0 aromatic heterocycles. The molecule has 2 fully saturated rings. The van der Waals surface area contributed by atoms with E-state index in [4.69, 9.17) is 14.2 Å². The van der Waals surface area contributed by atoms with Gasteiger partial charge in [-0.05, 0) is 31.7 Å². The van der Waals surface area contributed by atoms with Gasteiger partial charge in [-0.3, -0.25) is 4.90 Å². The van der Waals surface area contributed by atoms with E-state index in [1.54, 1.807) is 13.2 Å². The van der Waals surface area contributed by atoms with Gasteiger partial charge >= 0.3 is 0 Å². The van der Waals surface area contributed by atoms with Crippen molar-refractivity contribution in [3.05, 3.63) is 29.6 Å². The summed E-state index contributed by atoms with van der Waals surface area (Å²) in [7, 11) is 3.28. The molecule has 3 rings (SSSR count). The van der Waals surface area contributed by atoms with Crippen LogP contribution < -0.4 is 4.74 Å². The molecule has 1 spiro atoms. The SMILES string of the molecule is COc1cccc(CN2CCC3(CC2)OCCC[C@@H]3OC)c1F. The molecule has 0 N–H and O–H groups in total. The van der Waals surface area contributed by atoms with E-state index in [0.717, 1.165) is 45.4 Å². The van der Waals surface area contributed by atoms with Gasteiger partial charge in [0, 0.05) is 38.9 Å². The third-order valence-corrected chi connectivity index (χ3v) is 5.23. The Hall–Kier alpha value is -1.17. The number of rotatable bonds is 4. The lowest BCUT2D eigenvalue weighted by atomic mass is 9.81. The summed E-state index contributed by atoms with van der Waals surface area (Å²) < 4.78 is 31.1. The van der Waals surface area contributed by atoms with Crippen LogP contribution in [0.4, 0.5) is 4.39 Å². The molecule has 0 radical (unpaired) electrons. The minimum Gasteiger partial charge on any atom is -0.494 e. The van der Waals surface area contributed by atoms with E-state index in [1.807, 2.05) is 12.1 Å². The predicted molar refractivity (Wildman–Crippen MR) is 86.2 cm³/mol. The molecule has 1 aromatic rings. The highest BCUT2D eigenvalue weighted by Crippen LogP contribution is 2.37. The van der Waals surface area contributed by atoms with Crippen molar-refractivity contribution in [1.29, 1.82) is 0 Å². The van der Waals surface area contributed by atoms with Gasteiger partial charge in [-0.15, -0.1) is 0 Å². The highest BCUT2D eigenvalue weighted by molar-refractivity contribution is 5.31. The molecule has 0 amide bonds. The second-order valence-electron chi connectivity index (χ2n) is 6.49. The van der Waals surface area contributed by atoms with Gasteiger partial charge in [0.25, 0.3) is 0 Å². The fourth-order valence-corrected chi connectivity index (χ4v) is 3.87.